The van der Waals surface area contributed by atoms with Gasteiger partial charge in [0.2, 0.25) is 0 Å². The summed E-state index contributed by atoms with van der Waals surface area (Å²) in [5.41, 5.74) is 6.17. The molecule has 1 atom stereocenters. The van der Waals surface area contributed by atoms with Gasteiger partial charge in [0.05, 0.1) is 18.5 Å². The van der Waals surface area contributed by atoms with Crippen molar-refractivity contribution in [3.63, 3.8) is 0 Å². The number of carbonyl (C=O) groups is 2. The molecule has 0 radical (unpaired) electrons. The molecule has 1 unspecified atom stereocenters. The number of Topliss-reactive ketones (excluding diaryl/α,β-unsaturated/α-hetero) is 1. The van der Waals surface area contributed by atoms with Crippen LogP contribution in [-0.4, -0.2) is 47.1 Å². The lowest BCUT2D eigenvalue weighted by molar-refractivity contribution is -0.144. The lowest BCUT2D eigenvalue weighted by Crippen LogP contribution is -2.18. The van der Waals surface area contributed by atoms with E-state index in [1.165, 1.54) is 6.92 Å². The molecular weight excluding hydrogens is 324 g/mol. The topological polar surface area (TPSA) is 109 Å². The third kappa shape index (κ3) is 8.74. The zero-order valence-electron chi connectivity index (χ0n) is 15.3. The number of nitrogens with zero attached hydrogens (tertiary/aromatic N) is 3. The summed E-state index contributed by atoms with van der Waals surface area (Å²) in [6.45, 7) is 2.95. The largest absolute Gasteiger partial charge is 0.466 e. The Morgan fingerprint density at radius 1 is 1.20 bits per heavy atom. The van der Waals surface area contributed by atoms with Crippen molar-refractivity contribution in [2.24, 2.45) is 5.73 Å². The molecule has 0 amide bonds. The molecule has 1 aromatic rings. The maximum Gasteiger partial charge on any atom is 0.305 e. The van der Waals surface area contributed by atoms with Gasteiger partial charge in [-0.2, -0.15) is 0 Å². The summed E-state index contributed by atoms with van der Waals surface area (Å²) in [4.78, 5) is 23.4. The third-order valence-electron chi connectivity index (χ3n) is 3.92. The van der Waals surface area contributed by atoms with Crippen molar-refractivity contribution in [3.05, 3.63) is 11.9 Å². The average Bonchev–Trinajstić information content (AvgIpc) is 3.06. The SMILES string of the molecule is COCCCCCC(=O)OCCCCC(C(C)=O)n1cc(CN)nn1. The van der Waals surface area contributed by atoms with Crippen LogP contribution >= 0.6 is 0 Å². The van der Waals surface area contributed by atoms with Crippen LogP contribution in [0.15, 0.2) is 6.20 Å². The van der Waals surface area contributed by atoms with Gasteiger partial charge in [-0.05, 0) is 39.0 Å². The Morgan fingerprint density at radius 2 is 1.96 bits per heavy atom. The Hall–Kier alpha value is -1.80. The Morgan fingerprint density at radius 3 is 2.60 bits per heavy atom. The van der Waals surface area contributed by atoms with Gasteiger partial charge in [0.25, 0.3) is 0 Å². The first kappa shape index (κ1) is 21.2. The maximum atomic E-state index is 11.8. The van der Waals surface area contributed by atoms with E-state index in [1.807, 2.05) is 0 Å². The number of ketones is 1. The van der Waals surface area contributed by atoms with Crippen molar-refractivity contribution < 1.29 is 19.1 Å². The van der Waals surface area contributed by atoms with Gasteiger partial charge in [0, 0.05) is 26.7 Å². The molecule has 1 aromatic heterocycles. The summed E-state index contributed by atoms with van der Waals surface area (Å²) in [7, 11) is 1.67. The van der Waals surface area contributed by atoms with Crippen molar-refractivity contribution in [2.45, 2.75) is 64.5 Å². The van der Waals surface area contributed by atoms with Gasteiger partial charge in [0.15, 0.2) is 5.78 Å². The average molecular weight is 354 g/mol. The monoisotopic (exact) mass is 354 g/mol. The minimum Gasteiger partial charge on any atom is -0.466 e. The number of carbonyl (C=O) groups excluding carboxylic acids is 2. The van der Waals surface area contributed by atoms with Crippen molar-refractivity contribution in [2.75, 3.05) is 20.3 Å². The van der Waals surface area contributed by atoms with E-state index in [2.05, 4.69) is 10.3 Å². The fourth-order valence-corrected chi connectivity index (χ4v) is 2.47. The summed E-state index contributed by atoms with van der Waals surface area (Å²) < 4.78 is 11.7. The molecule has 2 N–H and O–H groups in total. The van der Waals surface area contributed by atoms with Gasteiger partial charge in [0.1, 0.15) is 6.04 Å². The standard InChI is InChI=1S/C17H30N4O4/c1-14(22)16(21-13-15(12-18)19-20-21)8-5-7-11-25-17(23)9-4-3-6-10-24-2/h13,16H,3-12,18H2,1-2H3. The quantitative estimate of drug-likeness (QED) is 0.400. The molecule has 0 spiro atoms. The molecule has 0 aliphatic rings. The molecule has 0 aliphatic carbocycles. The van der Waals surface area contributed by atoms with E-state index in [1.54, 1.807) is 18.0 Å². The Kier molecular flexibility index (Phi) is 10.7. The Balaban J connectivity index is 2.18. The molecule has 8 nitrogen and oxygen atoms in total. The number of unbranched alkanes of at least 4 members (excludes halogenated alkanes) is 3. The van der Waals surface area contributed by atoms with E-state index in [0.29, 0.717) is 31.7 Å². The molecule has 0 fully saturated rings. The normalized spacial score (nSPS) is 12.1. The fourth-order valence-electron chi connectivity index (χ4n) is 2.47. The van der Waals surface area contributed by atoms with Crippen molar-refractivity contribution >= 4 is 11.8 Å². The second-order valence-corrected chi connectivity index (χ2v) is 6.04. The molecule has 142 valence electrons. The van der Waals surface area contributed by atoms with E-state index in [9.17, 15) is 9.59 Å². The number of esters is 1. The summed E-state index contributed by atoms with van der Waals surface area (Å²) in [6, 6.07) is -0.343. The van der Waals surface area contributed by atoms with E-state index < -0.39 is 0 Å². The second kappa shape index (κ2) is 12.5. The minimum absolute atomic E-state index is 0.0292. The smallest absolute Gasteiger partial charge is 0.305 e. The molecule has 0 aliphatic heterocycles. The Bertz CT molecular complexity index is 519. The lowest BCUT2D eigenvalue weighted by Gasteiger charge is -2.13. The molecular formula is C17H30N4O4. The highest BCUT2D eigenvalue weighted by Crippen LogP contribution is 2.16. The number of ether oxygens (including phenoxy) is 2. The van der Waals surface area contributed by atoms with Crippen LogP contribution in [0.5, 0.6) is 0 Å². The molecule has 0 aromatic carbocycles. The molecule has 1 heterocycles. The van der Waals surface area contributed by atoms with Gasteiger partial charge < -0.3 is 15.2 Å². The van der Waals surface area contributed by atoms with Crippen molar-refractivity contribution in [3.8, 4) is 0 Å². The van der Waals surface area contributed by atoms with Crippen molar-refractivity contribution in [1.29, 1.82) is 0 Å². The van der Waals surface area contributed by atoms with Crippen LogP contribution in [0.2, 0.25) is 0 Å². The van der Waals surface area contributed by atoms with Crippen LogP contribution in [0.1, 0.15) is 63.6 Å². The van der Waals surface area contributed by atoms with Gasteiger partial charge in [-0.15, -0.1) is 5.10 Å². The van der Waals surface area contributed by atoms with Crippen LogP contribution in [-0.2, 0) is 25.6 Å². The Labute approximate surface area is 149 Å². The zero-order valence-corrected chi connectivity index (χ0v) is 15.3. The molecule has 25 heavy (non-hydrogen) atoms. The van der Waals surface area contributed by atoms with Gasteiger partial charge in [-0.1, -0.05) is 11.6 Å². The number of nitrogens with two attached hydrogens (primary N) is 1. The number of methoxy groups -OCH3 is 1. The fraction of sp³-hybridized carbons (Fsp3) is 0.765. The number of rotatable bonds is 14. The third-order valence-corrected chi connectivity index (χ3v) is 3.92. The predicted molar refractivity (Wildman–Crippen MR) is 92.8 cm³/mol. The predicted octanol–water partition coefficient (Wildman–Crippen LogP) is 1.79. The van der Waals surface area contributed by atoms with Gasteiger partial charge >= 0.3 is 5.97 Å². The molecule has 0 saturated carbocycles. The van der Waals surface area contributed by atoms with Crippen LogP contribution < -0.4 is 5.73 Å². The van der Waals surface area contributed by atoms with Crippen molar-refractivity contribution in [1.82, 2.24) is 15.0 Å². The first-order valence-electron chi connectivity index (χ1n) is 8.84. The first-order chi connectivity index (χ1) is 12.1. The highest BCUT2D eigenvalue weighted by molar-refractivity contribution is 5.79. The molecule has 1 rings (SSSR count). The number of aromatic nitrogens is 3. The van der Waals surface area contributed by atoms with Gasteiger partial charge in [-0.25, -0.2) is 4.68 Å². The summed E-state index contributed by atoms with van der Waals surface area (Å²) in [6.07, 6.45) is 7.02. The van der Waals surface area contributed by atoms with Crippen LogP contribution in [0.3, 0.4) is 0 Å². The minimum atomic E-state index is -0.343. The van der Waals surface area contributed by atoms with E-state index in [4.69, 9.17) is 15.2 Å². The van der Waals surface area contributed by atoms with Crippen LogP contribution in [0.25, 0.3) is 0 Å². The van der Waals surface area contributed by atoms with Crippen LogP contribution in [0.4, 0.5) is 0 Å². The second-order valence-electron chi connectivity index (χ2n) is 6.04. The summed E-state index contributed by atoms with van der Waals surface area (Å²) in [5.74, 6) is -0.133. The number of hydrogen-bond acceptors (Lipinski definition) is 7. The van der Waals surface area contributed by atoms with Gasteiger partial charge in [-0.3, -0.25) is 9.59 Å². The first-order valence-corrected chi connectivity index (χ1v) is 8.84. The highest BCUT2D eigenvalue weighted by Gasteiger charge is 2.17. The maximum absolute atomic E-state index is 11.8. The molecule has 8 heteroatoms. The van der Waals surface area contributed by atoms with E-state index in [-0.39, 0.29) is 17.8 Å². The van der Waals surface area contributed by atoms with Crippen LogP contribution in [0, 0.1) is 0 Å². The summed E-state index contributed by atoms with van der Waals surface area (Å²) >= 11 is 0. The lowest BCUT2D eigenvalue weighted by atomic mass is 10.1. The summed E-state index contributed by atoms with van der Waals surface area (Å²) in [5, 5.41) is 7.87. The van der Waals surface area contributed by atoms with E-state index in [0.717, 1.165) is 38.7 Å². The molecule has 0 bridgehead atoms. The number of hydrogen-bond donors (Lipinski definition) is 1. The highest BCUT2D eigenvalue weighted by atomic mass is 16.5. The zero-order chi connectivity index (χ0) is 18.5. The van der Waals surface area contributed by atoms with E-state index >= 15 is 0 Å². The molecule has 0 saturated heterocycles.